The van der Waals surface area contributed by atoms with Crippen molar-refractivity contribution in [1.82, 2.24) is 0 Å². The highest BCUT2D eigenvalue weighted by molar-refractivity contribution is 6.06. The van der Waals surface area contributed by atoms with Crippen molar-refractivity contribution >= 4 is 17.4 Å². The van der Waals surface area contributed by atoms with Gasteiger partial charge in [0.15, 0.2) is 0 Å². The summed E-state index contributed by atoms with van der Waals surface area (Å²) in [7, 11) is 0. The molecule has 32 heavy (non-hydrogen) atoms. The van der Waals surface area contributed by atoms with E-state index in [0.717, 1.165) is 12.1 Å². The Labute approximate surface area is 180 Å². The molecule has 1 heterocycles. The van der Waals surface area contributed by atoms with Gasteiger partial charge in [0.05, 0.1) is 17.0 Å². The van der Waals surface area contributed by atoms with E-state index >= 15 is 0 Å². The fourth-order valence-electron chi connectivity index (χ4n) is 3.53. The van der Waals surface area contributed by atoms with E-state index in [2.05, 4.69) is 10.5 Å². The van der Waals surface area contributed by atoms with Gasteiger partial charge in [0.2, 0.25) is 5.76 Å². The monoisotopic (exact) mass is 446 g/mol. The normalized spacial score (nSPS) is 14.8. The van der Waals surface area contributed by atoms with Crippen LogP contribution < -0.4 is 10.2 Å². The highest BCUT2D eigenvalue weighted by atomic mass is 19.4. The molecule has 0 radical (unpaired) electrons. The number of nitrogens with zero attached hydrogens (tertiary/aromatic N) is 1. The quantitative estimate of drug-likeness (QED) is 0.227. The zero-order valence-corrected chi connectivity index (χ0v) is 16.9. The van der Waals surface area contributed by atoms with E-state index in [0.29, 0.717) is 41.9 Å². The highest BCUT2D eigenvalue weighted by Gasteiger charge is 2.31. The summed E-state index contributed by atoms with van der Waals surface area (Å²) in [4.78, 5) is 12.6. The fourth-order valence-corrected chi connectivity index (χ4v) is 3.53. The van der Waals surface area contributed by atoms with E-state index in [1.54, 1.807) is 6.92 Å². The smallest absolute Gasteiger partial charge is 0.416 e. The summed E-state index contributed by atoms with van der Waals surface area (Å²) >= 11 is 0. The van der Waals surface area contributed by atoms with Crippen molar-refractivity contribution < 1.29 is 31.5 Å². The van der Waals surface area contributed by atoms with Crippen molar-refractivity contribution in [2.24, 2.45) is 5.10 Å². The number of hydrogen-bond acceptors (Lipinski definition) is 5. The lowest BCUT2D eigenvalue weighted by molar-refractivity contribution is -0.137. The number of carbonyl (C=O) groups excluding carboxylic acids is 1. The van der Waals surface area contributed by atoms with Crippen molar-refractivity contribution in [3.63, 3.8) is 0 Å². The van der Waals surface area contributed by atoms with Gasteiger partial charge in [0, 0.05) is 17.5 Å². The maximum atomic E-state index is 13.1. The molecule has 0 unspecified atom stereocenters. The molecule has 9 heteroatoms. The van der Waals surface area contributed by atoms with E-state index in [1.165, 1.54) is 36.4 Å². The third kappa shape index (κ3) is 4.51. The Hall–Kier alpha value is -3.62. The molecule has 0 saturated carbocycles. The molecule has 1 aliphatic rings. The number of halogens is 4. The Kier molecular flexibility index (Phi) is 5.73. The first-order chi connectivity index (χ1) is 15.2. The first kappa shape index (κ1) is 21.6. The van der Waals surface area contributed by atoms with Crippen LogP contribution in [0.4, 0.5) is 23.2 Å². The summed E-state index contributed by atoms with van der Waals surface area (Å²) in [5.74, 6) is -0.445. The van der Waals surface area contributed by atoms with Crippen LogP contribution >= 0.6 is 0 Å². The third-order valence-corrected chi connectivity index (χ3v) is 5.05. The summed E-state index contributed by atoms with van der Waals surface area (Å²) in [5, 5.41) is 4.29. The highest BCUT2D eigenvalue weighted by Crippen LogP contribution is 2.32. The summed E-state index contributed by atoms with van der Waals surface area (Å²) in [6, 6.07) is 9.74. The van der Waals surface area contributed by atoms with E-state index in [-0.39, 0.29) is 17.2 Å². The largest absolute Gasteiger partial charge is 0.453 e. The predicted octanol–water partition coefficient (Wildman–Crippen LogP) is 6.12. The second-order valence-electron chi connectivity index (χ2n) is 7.30. The van der Waals surface area contributed by atoms with Crippen molar-refractivity contribution in [2.45, 2.75) is 32.4 Å². The van der Waals surface area contributed by atoms with Crippen LogP contribution in [0.5, 0.6) is 5.75 Å². The number of ether oxygens (including phenoxy) is 1. The Morgan fingerprint density at radius 1 is 1.12 bits per heavy atom. The molecule has 2 aromatic carbocycles. The average molecular weight is 446 g/mol. The number of alkyl halides is 3. The van der Waals surface area contributed by atoms with Crippen LogP contribution in [0, 0.1) is 12.7 Å². The van der Waals surface area contributed by atoms with Crippen LogP contribution in [0.25, 0.3) is 0 Å². The molecule has 3 aromatic rings. The van der Waals surface area contributed by atoms with Gasteiger partial charge >= 0.3 is 12.1 Å². The Morgan fingerprint density at radius 3 is 2.59 bits per heavy atom. The number of hydrazone groups is 1. The number of benzene rings is 2. The number of furan rings is 1. The molecule has 1 aliphatic carbocycles. The van der Waals surface area contributed by atoms with E-state index in [9.17, 15) is 22.4 Å². The molecule has 1 N–H and O–H groups in total. The number of hydrogen-bond donors (Lipinski definition) is 1. The molecular weight excluding hydrogens is 428 g/mol. The van der Waals surface area contributed by atoms with Crippen LogP contribution in [-0.4, -0.2) is 11.7 Å². The van der Waals surface area contributed by atoms with E-state index in [1.807, 2.05) is 0 Å². The number of aryl methyl sites for hydroxylation is 1. The molecule has 0 bridgehead atoms. The van der Waals surface area contributed by atoms with Crippen LogP contribution in [0.2, 0.25) is 0 Å². The second-order valence-corrected chi connectivity index (χ2v) is 7.30. The van der Waals surface area contributed by atoms with Gasteiger partial charge in [0.25, 0.3) is 0 Å². The third-order valence-electron chi connectivity index (χ3n) is 5.05. The number of anilines is 1. The van der Waals surface area contributed by atoms with E-state index < -0.39 is 23.5 Å². The number of esters is 1. The number of carbonyl (C=O) groups is 1. The Morgan fingerprint density at radius 2 is 1.88 bits per heavy atom. The molecule has 0 spiro atoms. The molecule has 0 fully saturated rings. The van der Waals surface area contributed by atoms with Crippen LogP contribution in [-0.2, 0) is 12.6 Å². The van der Waals surface area contributed by atoms with Crippen molar-refractivity contribution in [3.05, 3.63) is 82.6 Å². The lowest BCUT2D eigenvalue weighted by Crippen LogP contribution is -2.14. The van der Waals surface area contributed by atoms with Gasteiger partial charge in [-0.05, 0) is 62.2 Å². The minimum atomic E-state index is -4.45. The Bertz CT molecular complexity index is 1180. The summed E-state index contributed by atoms with van der Waals surface area (Å²) in [6.45, 7) is 1.69. The molecule has 0 atom stereocenters. The molecular formula is C23H18F4N2O3. The van der Waals surface area contributed by atoms with Crippen molar-refractivity contribution in [3.8, 4) is 5.75 Å². The zero-order valence-electron chi connectivity index (χ0n) is 16.9. The lowest BCUT2D eigenvalue weighted by atomic mass is 9.93. The van der Waals surface area contributed by atoms with Gasteiger partial charge in [-0.25, -0.2) is 9.18 Å². The summed E-state index contributed by atoms with van der Waals surface area (Å²) in [6.07, 6.45) is -2.60. The minimum Gasteiger partial charge on any atom is -0.453 e. The maximum Gasteiger partial charge on any atom is 0.416 e. The Balaban J connectivity index is 1.58. The molecule has 0 saturated heterocycles. The van der Waals surface area contributed by atoms with Crippen molar-refractivity contribution in [1.29, 1.82) is 0 Å². The molecule has 4 rings (SSSR count). The van der Waals surface area contributed by atoms with Gasteiger partial charge in [0.1, 0.15) is 17.3 Å². The minimum absolute atomic E-state index is 0.00740. The molecule has 166 valence electrons. The van der Waals surface area contributed by atoms with Gasteiger partial charge in [-0.2, -0.15) is 18.3 Å². The van der Waals surface area contributed by atoms with Gasteiger partial charge in [-0.1, -0.05) is 6.07 Å². The molecule has 5 nitrogen and oxygen atoms in total. The predicted molar refractivity (Wildman–Crippen MR) is 109 cm³/mol. The number of fused-ring (bicyclic) bond motifs is 1. The van der Waals surface area contributed by atoms with Crippen molar-refractivity contribution in [2.75, 3.05) is 5.43 Å². The number of nitrogens with one attached hydrogen (secondary N) is 1. The van der Waals surface area contributed by atoms with Crippen LogP contribution in [0.3, 0.4) is 0 Å². The molecule has 1 aromatic heterocycles. The fraction of sp³-hybridized carbons (Fsp3) is 0.217. The van der Waals surface area contributed by atoms with Crippen LogP contribution in [0.15, 0.2) is 58.0 Å². The first-order valence-electron chi connectivity index (χ1n) is 9.82. The summed E-state index contributed by atoms with van der Waals surface area (Å²) < 4.78 is 62.8. The molecule has 0 aliphatic heterocycles. The summed E-state index contributed by atoms with van der Waals surface area (Å²) in [5.41, 5.74) is 3.82. The first-order valence-corrected chi connectivity index (χ1v) is 9.82. The standard InChI is InChI=1S/C23H18F4N2O3/c1-13-20-18(29-28-16-5-2-4-14(12-16)23(25,26)27)6-3-7-19(20)32-21(13)22(30)31-17-10-8-15(24)9-11-17/h2,4-5,8-12,28H,3,6-7H2,1H3/b29-18+. The average Bonchev–Trinajstić information content (AvgIpc) is 3.11. The van der Waals surface area contributed by atoms with Gasteiger partial charge < -0.3 is 9.15 Å². The lowest BCUT2D eigenvalue weighted by Gasteiger charge is -2.14. The SMILES string of the molecule is Cc1c(C(=O)Oc2ccc(F)cc2)oc2c1/C(=N/Nc1cccc(C(F)(F)F)c1)CCC2. The molecule has 0 amide bonds. The van der Waals surface area contributed by atoms with Crippen LogP contribution in [0.1, 0.15) is 45.8 Å². The van der Waals surface area contributed by atoms with E-state index in [4.69, 9.17) is 9.15 Å². The zero-order chi connectivity index (χ0) is 22.9. The topological polar surface area (TPSA) is 63.8 Å². The maximum absolute atomic E-state index is 13.1. The number of rotatable bonds is 4. The second kappa shape index (κ2) is 8.49. The van der Waals surface area contributed by atoms with Gasteiger partial charge in [-0.15, -0.1) is 0 Å². The van der Waals surface area contributed by atoms with Gasteiger partial charge in [-0.3, -0.25) is 5.43 Å².